The molecule has 7 nitrogen and oxygen atoms in total. The maximum absolute atomic E-state index is 12.7. The largest absolute Gasteiger partial charge is 0.350 e. The van der Waals surface area contributed by atoms with Crippen molar-refractivity contribution in [1.29, 1.82) is 0 Å². The first-order valence-corrected chi connectivity index (χ1v) is 13.2. The lowest BCUT2D eigenvalue weighted by Gasteiger charge is -2.22. The maximum Gasteiger partial charge on any atom is 0.223 e. The van der Waals surface area contributed by atoms with Crippen LogP contribution in [0.1, 0.15) is 43.4 Å². The summed E-state index contributed by atoms with van der Waals surface area (Å²) >= 11 is 0. The summed E-state index contributed by atoms with van der Waals surface area (Å²) in [6, 6.07) is 16.6. The molecule has 1 atom stereocenters. The fourth-order valence-electron chi connectivity index (χ4n) is 4.00. The zero-order valence-electron chi connectivity index (χ0n) is 19.4. The third kappa shape index (κ3) is 7.68. The Morgan fingerprint density at radius 3 is 2.30 bits per heavy atom. The van der Waals surface area contributed by atoms with Crippen molar-refractivity contribution in [2.75, 3.05) is 32.4 Å². The molecule has 33 heavy (non-hydrogen) atoms. The fourth-order valence-corrected chi connectivity index (χ4v) is 4.63. The molecule has 1 N–H and O–H groups in total. The Labute approximate surface area is 196 Å². The number of carbonyl (C=O) groups is 2. The van der Waals surface area contributed by atoms with Gasteiger partial charge in [-0.2, -0.15) is 0 Å². The number of hydrogen-bond donors (Lipinski definition) is 1. The Kier molecular flexibility index (Phi) is 8.63. The van der Waals surface area contributed by atoms with Crippen molar-refractivity contribution in [3.63, 3.8) is 0 Å². The van der Waals surface area contributed by atoms with Crippen molar-refractivity contribution in [2.45, 2.75) is 43.7 Å². The van der Waals surface area contributed by atoms with E-state index in [9.17, 15) is 18.0 Å². The van der Waals surface area contributed by atoms with Crippen molar-refractivity contribution in [1.82, 2.24) is 15.1 Å². The van der Waals surface area contributed by atoms with Crippen LogP contribution in [-0.2, 0) is 26.0 Å². The highest BCUT2D eigenvalue weighted by atomic mass is 32.2. The van der Waals surface area contributed by atoms with Crippen LogP contribution in [0.3, 0.4) is 0 Å². The molecule has 1 aliphatic heterocycles. The summed E-state index contributed by atoms with van der Waals surface area (Å²) in [6.45, 7) is 5.58. The highest BCUT2D eigenvalue weighted by molar-refractivity contribution is 7.90. The van der Waals surface area contributed by atoms with E-state index in [-0.39, 0.29) is 30.7 Å². The molecule has 2 aromatic carbocycles. The zero-order chi connectivity index (χ0) is 23.8. The smallest absolute Gasteiger partial charge is 0.223 e. The third-order valence-electron chi connectivity index (χ3n) is 5.94. The first kappa shape index (κ1) is 24.9. The summed E-state index contributed by atoms with van der Waals surface area (Å²) in [5.41, 5.74) is 2.09. The van der Waals surface area contributed by atoms with E-state index >= 15 is 0 Å². The standard InChI is InChI=1S/C25H33N3O4S/c1-20(22-7-4-3-5-8-22)26-24(29)13-14-25(30)28-16-6-15-27(17-18-28)19-21-9-11-23(12-10-21)33(2,31)32/h3-5,7-12,20H,6,13-19H2,1-2H3,(H,26,29). The third-order valence-corrected chi connectivity index (χ3v) is 7.07. The number of sulfone groups is 1. The Morgan fingerprint density at radius 2 is 1.64 bits per heavy atom. The molecule has 1 aliphatic rings. The molecule has 0 spiro atoms. The summed E-state index contributed by atoms with van der Waals surface area (Å²) in [5.74, 6) is -0.106. The van der Waals surface area contributed by atoms with Gasteiger partial charge in [0.25, 0.3) is 0 Å². The van der Waals surface area contributed by atoms with Crippen LogP contribution < -0.4 is 5.32 Å². The Morgan fingerprint density at radius 1 is 0.939 bits per heavy atom. The van der Waals surface area contributed by atoms with Crippen molar-refractivity contribution >= 4 is 21.7 Å². The Hall–Kier alpha value is -2.71. The number of amides is 2. The minimum Gasteiger partial charge on any atom is -0.350 e. The highest BCUT2D eigenvalue weighted by Crippen LogP contribution is 2.15. The average molecular weight is 472 g/mol. The number of carbonyl (C=O) groups excluding carboxylic acids is 2. The molecule has 2 amide bonds. The molecule has 0 bridgehead atoms. The summed E-state index contributed by atoms with van der Waals surface area (Å²) in [4.78, 5) is 29.4. The number of benzene rings is 2. The molecule has 178 valence electrons. The minimum atomic E-state index is -3.19. The van der Waals surface area contributed by atoms with E-state index in [2.05, 4.69) is 10.2 Å². The number of hydrogen-bond acceptors (Lipinski definition) is 5. The van der Waals surface area contributed by atoms with E-state index < -0.39 is 9.84 Å². The van der Waals surface area contributed by atoms with Gasteiger partial charge in [-0.25, -0.2) is 8.42 Å². The molecule has 0 radical (unpaired) electrons. The van der Waals surface area contributed by atoms with Crippen LogP contribution in [0.5, 0.6) is 0 Å². The molecule has 0 saturated carbocycles. The van der Waals surface area contributed by atoms with Crippen LogP contribution in [0.25, 0.3) is 0 Å². The van der Waals surface area contributed by atoms with Gasteiger partial charge in [0.05, 0.1) is 10.9 Å². The maximum atomic E-state index is 12.7. The van der Waals surface area contributed by atoms with Crippen LogP contribution in [0.15, 0.2) is 59.5 Å². The predicted molar refractivity (Wildman–Crippen MR) is 128 cm³/mol. The van der Waals surface area contributed by atoms with Gasteiger partial charge in [-0.05, 0) is 36.6 Å². The molecule has 1 saturated heterocycles. The van der Waals surface area contributed by atoms with Gasteiger partial charge in [0.1, 0.15) is 0 Å². The molecule has 2 aromatic rings. The number of nitrogens with one attached hydrogen (secondary N) is 1. The van der Waals surface area contributed by atoms with Crippen LogP contribution >= 0.6 is 0 Å². The second kappa shape index (κ2) is 11.4. The molecule has 8 heteroatoms. The lowest BCUT2D eigenvalue weighted by Crippen LogP contribution is -2.36. The van der Waals surface area contributed by atoms with E-state index in [1.54, 1.807) is 12.1 Å². The van der Waals surface area contributed by atoms with E-state index in [0.29, 0.717) is 24.5 Å². The fraction of sp³-hybridized carbons (Fsp3) is 0.440. The molecular weight excluding hydrogens is 438 g/mol. The van der Waals surface area contributed by atoms with E-state index in [1.165, 1.54) is 6.26 Å². The molecule has 3 rings (SSSR count). The summed E-state index contributed by atoms with van der Waals surface area (Å²) in [7, 11) is -3.19. The number of rotatable bonds is 8. The SMILES string of the molecule is CC(NC(=O)CCC(=O)N1CCCN(Cc2ccc(S(C)(=O)=O)cc2)CC1)c1ccccc1. The van der Waals surface area contributed by atoms with Gasteiger partial charge in [0, 0.05) is 51.8 Å². The molecule has 1 fully saturated rings. The quantitative estimate of drug-likeness (QED) is 0.640. The highest BCUT2D eigenvalue weighted by Gasteiger charge is 2.20. The van der Waals surface area contributed by atoms with Gasteiger partial charge < -0.3 is 10.2 Å². The van der Waals surface area contributed by atoms with Gasteiger partial charge in [-0.15, -0.1) is 0 Å². The first-order chi connectivity index (χ1) is 15.7. The van der Waals surface area contributed by atoms with E-state index in [0.717, 1.165) is 30.6 Å². The summed E-state index contributed by atoms with van der Waals surface area (Å²) < 4.78 is 23.2. The monoisotopic (exact) mass is 471 g/mol. The second-order valence-electron chi connectivity index (χ2n) is 8.63. The average Bonchev–Trinajstić information content (AvgIpc) is 3.03. The molecule has 0 aliphatic carbocycles. The zero-order valence-corrected chi connectivity index (χ0v) is 20.2. The van der Waals surface area contributed by atoms with Crippen molar-refractivity contribution in [3.05, 3.63) is 65.7 Å². The predicted octanol–water partition coefficient (Wildman–Crippen LogP) is 2.78. The normalized spacial score (nSPS) is 16.1. The van der Waals surface area contributed by atoms with Crippen molar-refractivity contribution in [3.8, 4) is 0 Å². The first-order valence-electron chi connectivity index (χ1n) is 11.4. The second-order valence-corrected chi connectivity index (χ2v) is 10.6. The van der Waals surface area contributed by atoms with Gasteiger partial charge in [-0.3, -0.25) is 14.5 Å². The lowest BCUT2D eigenvalue weighted by molar-refractivity contribution is -0.133. The van der Waals surface area contributed by atoms with Crippen LogP contribution in [-0.4, -0.2) is 62.5 Å². The van der Waals surface area contributed by atoms with Crippen LogP contribution in [0.2, 0.25) is 0 Å². The van der Waals surface area contributed by atoms with E-state index in [4.69, 9.17) is 0 Å². The van der Waals surface area contributed by atoms with Crippen LogP contribution in [0, 0.1) is 0 Å². The van der Waals surface area contributed by atoms with Gasteiger partial charge >= 0.3 is 0 Å². The van der Waals surface area contributed by atoms with Crippen LogP contribution in [0.4, 0.5) is 0 Å². The van der Waals surface area contributed by atoms with E-state index in [1.807, 2.05) is 54.3 Å². The topological polar surface area (TPSA) is 86.8 Å². The van der Waals surface area contributed by atoms with Gasteiger partial charge in [-0.1, -0.05) is 42.5 Å². The van der Waals surface area contributed by atoms with Gasteiger partial charge in [0.15, 0.2) is 9.84 Å². The minimum absolute atomic E-state index is 0.0110. The van der Waals surface area contributed by atoms with Crippen molar-refractivity contribution in [2.24, 2.45) is 0 Å². The summed E-state index contributed by atoms with van der Waals surface area (Å²) in [5, 5.41) is 2.96. The molecular formula is C25H33N3O4S. The molecule has 1 heterocycles. The van der Waals surface area contributed by atoms with Gasteiger partial charge in [0.2, 0.25) is 11.8 Å². The Bertz CT molecular complexity index is 1040. The van der Waals surface area contributed by atoms with Crippen molar-refractivity contribution < 1.29 is 18.0 Å². The Balaban J connectivity index is 1.43. The molecule has 1 unspecified atom stereocenters. The summed E-state index contributed by atoms with van der Waals surface area (Å²) in [6.07, 6.45) is 2.46. The number of nitrogens with zero attached hydrogens (tertiary/aromatic N) is 2. The molecule has 0 aromatic heterocycles. The lowest BCUT2D eigenvalue weighted by atomic mass is 10.1.